The Morgan fingerprint density at radius 2 is 1.60 bits per heavy atom. The van der Waals surface area contributed by atoms with Crippen LogP contribution in [0.5, 0.6) is 0 Å². The molecule has 0 saturated carbocycles. The molecular weight excluding hydrogens is 533 g/mol. The van der Waals surface area contributed by atoms with E-state index in [2.05, 4.69) is 5.32 Å². The van der Waals surface area contributed by atoms with Crippen molar-refractivity contribution in [1.82, 2.24) is 10.2 Å². The molecule has 0 aliphatic carbocycles. The Morgan fingerprint density at radius 1 is 1.00 bits per heavy atom. The highest BCUT2D eigenvalue weighted by molar-refractivity contribution is 7.92. The number of anilines is 1. The third kappa shape index (κ3) is 8.27. The molecule has 0 aliphatic heterocycles. The predicted octanol–water partition coefficient (Wildman–Crippen LogP) is 5.14. The minimum Gasteiger partial charge on any atom is -0.354 e. The first kappa shape index (κ1) is 29.2. The molecule has 0 bridgehead atoms. The van der Waals surface area contributed by atoms with Crippen molar-refractivity contribution in [3.05, 3.63) is 63.1 Å². The molecule has 192 valence electrons. The van der Waals surface area contributed by atoms with E-state index in [0.717, 1.165) is 23.4 Å². The molecule has 0 saturated heterocycles. The number of carbonyl (C=O) groups is 2. The maximum atomic E-state index is 13.6. The van der Waals surface area contributed by atoms with Crippen LogP contribution >= 0.6 is 34.8 Å². The summed E-state index contributed by atoms with van der Waals surface area (Å²) in [5, 5.41) is 3.97. The van der Waals surface area contributed by atoms with Gasteiger partial charge in [0.1, 0.15) is 12.6 Å². The van der Waals surface area contributed by atoms with Crippen LogP contribution in [0.4, 0.5) is 5.69 Å². The van der Waals surface area contributed by atoms with Gasteiger partial charge in [-0.15, -0.1) is 0 Å². The van der Waals surface area contributed by atoms with E-state index >= 15 is 0 Å². The van der Waals surface area contributed by atoms with Crippen LogP contribution in [-0.2, 0) is 26.2 Å². The Labute approximate surface area is 222 Å². The number of halogens is 3. The van der Waals surface area contributed by atoms with Crippen molar-refractivity contribution in [2.45, 2.75) is 45.7 Å². The van der Waals surface area contributed by atoms with Crippen LogP contribution < -0.4 is 9.62 Å². The Bertz CT molecular complexity index is 1110. The van der Waals surface area contributed by atoms with E-state index in [1.807, 2.05) is 6.92 Å². The monoisotopic (exact) mass is 561 g/mol. The second-order valence-corrected chi connectivity index (χ2v) is 11.2. The Hall–Kier alpha value is -2.00. The molecule has 11 heteroatoms. The number of hydrogen-bond acceptors (Lipinski definition) is 4. The summed E-state index contributed by atoms with van der Waals surface area (Å²) in [6.07, 6.45) is 3.02. The fourth-order valence-electron chi connectivity index (χ4n) is 3.50. The summed E-state index contributed by atoms with van der Waals surface area (Å²) in [6.45, 7) is 3.69. The largest absolute Gasteiger partial charge is 0.354 e. The molecular formula is C24H30Cl3N3O4S. The summed E-state index contributed by atoms with van der Waals surface area (Å²) < 4.78 is 26.2. The van der Waals surface area contributed by atoms with Crippen molar-refractivity contribution in [2.24, 2.45) is 0 Å². The topological polar surface area (TPSA) is 86.8 Å². The molecule has 0 fully saturated rings. The molecule has 35 heavy (non-hydrogen) atoms. The van der Waals surface area contributed by atoms with E-state index in [0.29, 0.717) is 33.6 Å². The zero-order chi connectivity index (χ0) is 26.2. The predicted molar refractivity (Wildman–Crippen MR) is 143 cm³/mol. The summed E-state index contributed by atoms with van der Waals surface area (Å²) in [7, 11) is -3.83. The van der Waals surface area contributed by atoms with E-state index in [-0.39, 0.29) is 18.1 Å². The van der Waals surface area contributed by atoms with Crippen LogP contribution in [0.2, 0.25) is 15.1 Å². The molecule has 0 radical (unpaired) electrons. The second kappa shape index (κ2) is 13.3. The summed E-state index contributed by atoms with van der Waals surface area (Å²) >= 11 is 18.7. The number of rotatable bonds is 12. The van der Waals surface area contributed by atoms with Gasteiger partial charge >= 0.3 is 0 Å². The lowest BCUT2D eigenvalue weighted by atomic mass is 10.1. The van der Waals surface area contributed by atoms with E-state index in [1.165, 1.54) is 29.2 Å². The first-order valence-electron chi connectivity index (χ1n) is 11.2. The van der Waals surface area contributed by atoms with Crippen molar-refractivity contribution in [2.75, 3.05) is 23.7 Å². The fourth-order valence-corrected chi connectivity index (χ4v) is 4.99. The van der Waals surface area contributed by atoms with Gasteiger partial charge in [-0.1, -0.05) is 61.1 Å². The van der Waals surface area contributed by atoms with E-state index in [4.69, 9.17) is 34.8 Å². The molecule has 0 heterocycles. The van der Waals surface area contributed by atoms with Gasteiger partial charge in [0.05, 0.1) is 11.9 Å². The zero-order valence-corrected chi connectivity index (χ0v) is 23.0. The molecule has 1 atom stereocenters. The second-order valence-electron chi connectivity index (χ2n) is 8.04. The van der Waals surface area contributed by atoms with Gasteiger partial charge in [-0.05, 0) is 49.2 Å². The minimum atomic E-state index is -3.83. The standard InChI is InChI=1S/C24H30Cl3N3O4S/c1-4-6-14-28-24(32)22(5-2)29(15-19-20(26)8-7-9-21(19)27)23(31)16-30(35(3,33)34)18-12-10-17(25)11-13-18/h7-13,22H,4-6,14-16H2,1-3H3,(H,28,32)/t22-/m1/s1. The minimum absolute atomic E-state index is 0.0603. The highest BCUT2D eigenvalue weighted by Crippen LogP contribution is 2.28. The van der Waals surface area contributed by atoms with Crippen LogP contribution in [0.15, 0.2) is 42.5 Å². The summed E-state index contributed by atoms with van der Waals surface area (Å²) in [4.78, 5) is 28.0. The van der Waals surface area contributed by atoms with Gasteiger partial charge in [-0.3, -0.25) is 13.9 Å². The number of unbranched alkanes of at least 4 members (excludes halogenated alkanes) is 1. The lowest BCUT2D eigenvalue weighted by Crippen LogP contribution is -2.52. The Morgan fingerprint density at radius 3 is 2.11 bits per heavy atom. The number of hydrogen-bond donors (Lipinski definition) is 1. The molecule has 2 amide bonds. The molecule has 2 aromatic rings. The van der Waals surface area contributed by atoms with Crippen LogP contribution in [0.1, 0.15) is 38.7 Å². The summed E-state index contributed by atoms with van der Waals surface area (Å²) in [6, 6.07) is 10.2. The highest BCUT2D eigenvalue weighted by atomic mass is 35.5. The first-order chi connectivity index (χ1) is 16.5. The van der Waals surface area contributed by atoms with Gasteiger partial charge < -0.3 is 10.2 Å². The maximum absolute atomic E-state index is 13.6. The van der Waals surface area contributed by atoms with Gasteiger partial charge in [0.2, 0.25) is 21.8 Å². The van der Waals surface area contributed by atoms with Crippen LogP contribution in [-0.4, -0.2) is 50.5 Å². The summed E-state index contributed by atoms with van der Waals surface area (Å²) in [5.41, 5.74) is 0.753. The fraction of sp³-hybridized carbons (Fsp3) is 0.417. The van der Waals surface area contributed by atoms with Crippen LogP contribution in [0.25, 0.3) is 0 Å². The lowest BCUT2D eigenvalue weighted by Gasteiger charge is -2.33. The average molecular weight is 563 g/mol. The van der Waals surface area contributed by atoms with Gasteiger partial charge in [0, 0.05) is 33.7 Å². The van der Waals surface area contributed by atoms with Crippen molar-refractivity contribution >= 4 is 62.3 Å². The Balaban J connectivity index is 2.45. The molecule has 0 unspecified atom stereocenters. The molecule has 0 aliphatic rings. The zero-order valence-electron chi connectivity index (χ0n) is 19.9. The van der Waals surface area contributed by atoms with Gasteiger partial charge in [0.25, 0.3) is 0 Å². The normalized spacial score (nSPS) is 12.2. The molecule has 0 aromatic heterocycles. The molecule has 1 N–H and O–H groups in total. The number of amides is 2. The van der Waals surface area contributed by atoms with Crippen LogP contribution in [0.3, 0.4) is 0 Å². The van der Waals surface area contributed by atoms with Gasteiger partial charge in [0.15, 0.2) is 0 Å². The van der Waals surface area contributed by atoms with Crippen molar-refractivity contribution in [3.8, 4) is 0 Å². The molecule has 2 rings (SSSR count). The highest BCUT2D eigenvalue weighted by Gasteiger charge is 2.32. The number of benzene rings is 2. The third-order valence-electron chi connectivity index (χ3n) is 5.40. The molecule has 0 spiro atoms. The van der Waals surface area contributed by atoms with E-state index in [9.17, 15) is 18.0 Å². The quantitative estimate of drug-likeness (QED) is 0.363. The lowest BCUT2D eigenvalue weighted by molar-refractivity contribution is -0.140. The number of nitrogens with one attached hydrogen (secondary N) is 1. The maximum Gasteiger partial charge on any atom is 0.244 e. The van der Waals surface area contributed by atoms with Gasteiger partial charge in [-0.2, -0.15) is 0 Å². The van der Waals surface area contributed by atoms with E-state index in [1.54, 1.807) is 25.1 Å². The number of sulfonamides is 1. The summed E-state index contributed by atoms with van der Waals surface area (Å²) in [5.74, 6) is -0.895. The van der Waals surface area contributed by atoms with E-state index < -0.39 is 28.5 Å². The van der Waals surface area contributed by atoms with Gasteiger partial charge in [-0.25, -0.2) is 8.42 Å². The SMILES string of the molecule is CCCCNC(=O)[C@@H](CC)N(Cc1c(Cl)cccc1Cl)C(=O)CN(c1ccc(Cl)cc1)S(C)(=O)=O. The number of carbonyl (C=O) groups excluding carboxylic acids is 2. The first-order valence-corrected chi connectivity index (χ1v) is 14.2. The third-order valence-corrected chi connectivity index (χ3v) is 7.50. The number of nitrogens with zero attached hydrogens (tertiary/aromatic N) is 2. The molecule has 2 aromatic carbocycles. The average Bonchev–Trinajstić information content (AvgIpc) is 2.79. The smallest absolute Gasteiger partial charge is 0.244 e. The van der Waals surface area contributed by atoms with Crippen molar-refractivity contribution in [1.29, 1.82) is 0 Å². The Kier molecular flexibility index (Phi) is 11.1. The van der Waals surface area contributed by atoms with Crippen LogP contribution in [0, 0.1) is 0 Å². The van der Waals surface area contributed by atoms with Crippen molar-refractivity contribution in [3.63, 3.8) is 0 Å². The van der Waals surface area contributed by atoms with Crippen molar-refractivity contribution < 1.29 is 18.0 Å². The molecule has 7 nitrogen and oxygen atoms in total.